The zero-order valence-electron chi connectivity index (χ0n) is 23.7. The van der Waals surface area contributed by atoms with Crippen LogP contribution in [-0.4, -0.2) is 37.7 Å². The minimum absolute atomic E-state index is 0.136. The summed E-state index contributed by atoms with van der Waals surface area (Å²) in [6, 6.07) is 11.2. The van der Waals surface area contributed by atoms with Crippen molar-refractivity contribution in [2.75, 3.05) is 13.7 Å². The molecule has 2 rings (SSSR count). The number of hydrogen-bond acceptors (Lipinski definition) is 6. The summed E-state index contributed by atoms with van der Waals surface area (Å²) in [6.07, 6.45) is 15.3. The van der Waals surface area contributed by atoms with E-state index in [2.05, 4.69) is 22.8 Å². The second kappa shape index (κ2) is 19.6. The van der Waals surface area contributed by atoms with Crippen molar-refractivity contribution in [2.24, 2.45) is 5.10 Å². The van der Waals surface area contributed by atoms with Crippen molar-refractivity contribution in [3.8, 4) is 11.5 Å². The zero-order valence-corrected chi connectivity index (χ0v) is 24.4. The molecule has 2 amide bonds. The number of rotatable bonds is 19. The SMILES string of the molecule is CCCCCCCCCCCCCC(=O)NCC(=O)N/N=C\c1ccc(OC(=O)c2ccc(Cl)cc2)c(OC)c1. The standard InChI is InChI=1S/C31H42ClN3O5/c1-3-4-5-6-7-8-9-10-11-12-13-14-29(36)33-23-30(37)35-34-22-24-15-20-27(28(21-24)39-2)40-31(38)25-16-18-26(32)19-17-25/h15-22H,3-14,23H2,1-2H3,(H,33,36)(H,35,37)/b34-22-. The van der Waals surface area contributed by atoms with Gasteiger partial charge in [0.15, 0.2) is 11.5 Å². The molecule has 0 saturated carbocycles. The Morgan fingerprint density at radius 3 is 2.08 bits per heavy atom. The van der Waals surface area contributed by atoms with Crippen LogP contribution < -0.4 is 20.2 Å². The van der Waals surface area contributed by atoms with Gasteiger partial charge in [-0.2, -0.15) is 5.10 Å². The van der Waals surface area contributed by atoms with E-state index in [9.17, 15) is 14.4 Å². The predicted molar refractivity (Wildman–Crippen MR) is 159 cm³/mol. The average molecular weight is 572 g/mol. The highest BCUT2D eigenvalue weighted by molar-refractivity contribution is 6.30. The van der Waals surface area contributed by atoms with E-state index in [-0.39, 0.29) is 18.2 Å². The van der Waals surface area contributed by atoms with Crippen LogP contribution in [0.1, 0.15) is 99.9 Å². The Bertz CT molecular complexity index is 1090. The van der Waals surface area contributed by atoms with Crippen LogP contribution >= 0.6 is 11.6 Å². The third-order valence-corrected chi connectivity index (χ3v) is 6.58. The van der Waals surface area contributed by atoms with Gasteiger partial charge in [-0.05, 0) is 54.4 Å². The molecular formula is C31H42ClN3O5. The van der Waals surface area contributed by atoms with Gasteiger partial charge in [0.2, 0.25) is 5.91 Å². The summed E-state index contributed by atoms with van der Waals surface area (Å²) in [5, 5.41) is 7.07. The molecule has 2 aromatic carbocycles. The molecule has 0 spiro atoms. The summed E-state index contributed by atoms with van der Waals surface area (Å²) < 4.78 is 10.7. The summed E-state index contributed by atoms with van der Waals surface area (Å²) in [7, 11) is 1.46. The second-order valence-corrected chi connectivity index (χ2v) is 10.1. The van der Waals surface area contributed by atoms with Gasteiger partial charge in [0, 0.05) is 11.4 Å². The minimum Gasteiger partial charge on any atom is -0.493 e. The number of ether oxygens (including phenoxy) is 2. The predicted octanol–water partition coefficient (Wildman–Crippen LogP) is 6.84. The Morgan fingerprint density at radius 1 is 0.825 bits per heavy atom. The number of benzene rings is 2. The highest BCUT2D eigenvalue weighted by atomic mass is 35.5. The smallest absolute Gasteiger partial charge is 0.343 e. The lowest BCUT2D eigenvalue weighted by atomic mass is 10.1. The molecule has 0 heterocycles. The maximum absolute atomic E-state index is 12.4. The van der Waals surface area contributed by atoms with Gasteiger partial charge in [-0.25, -0.2) is 10.2 Å². The van der Waals surface area contributed by atoms with E-state index >= 15 is 0 Å². The van der Waals surface area contributed by atoms with Gasteiger partial charge in [0.25, 0.3) is 5.91 Å². The van der Waals surface area contributed by atoms with Crippen LogP contribution in [0, 0.1) is 0 Å². The summed E-state index contributed by atoms with van der Waals surface area (Å²) in [4.78, 5) is 36.4. The molecule has 40 heavy (non-hydrogen) atoms. The number of amides is 2. The molecule has 0 aliphatic rings. The van der Waals surface area contributed by atoms with Gasteiger partial charge in [-0.1, -0.05) is 82.7 Å². The van der Waals surface area contributed by atoms with E-state index < -0.39 is 11.9 Å². The molecule has 2 N–H and O–H groups in total. The summed E-state index contributed by atoms with van der Waals surface area (Å²) in [5.41, 5.74) is 3.35. The number of carbonyl (C=O) groups is 3. The fraction of sp³-hybridized carbons (Fsp3) is 0.484. The van der Waals surface area contributed by atoms with Crippen LogP contribution in [0.3, 0.4) is 0 Å². The number of esters is 1. The van der Waals surface area contributed by atoms with E-state index in [0.29, 0.717) is 28.3 Å². The number of nitrogens with one attached hydrogen (secondary N) is 2. The topological polar surface area (TPSA) is 106 Å². The highest BCUT2D eigenvalue weighted by Crippen LogP contribution is 2.28. The molecule has 0 atom stereocenters. The molecule has 9 heteroatoms. The first-order chi connectivity index (χ1) is 19.4. The average Bonchev–Trinajstić information content (AvgIpc) is 2.95. The quantitative estimate of drug-likeness (QED) is 0.0631. The summed E-state index contributed by atoms with van der Waals surface area (Å²) >= 11 is 5.86. The van der Waals surface area contributed by atoms with E-state index in [0.717, 1.165) is 19.3 Å². The molecule has 0 aliphatic heterocycles. The molecule has 0 saturated heterocycles. The van der Waals surface area contributed by atoms with Crippen molar-refractivity contribution in [2.45, 2.75) is 84.0 Å². The molecule has 0 bridgehead atoms. The van der Waals surface area contributed by atoms with Crippen LogP contribution in [-0.2, 0) is 9.59 Å². The van der Waals surface area contributed by atoms with E-state index in [1.165, 1.54) is 64.7 Å². The third kappa shape index (κ3) is 13.6. The first kappa shape index (κ1) is 32.8. The van der Waals surface area contributed by atoms with Crippen molar-refractivity contribution in [3.63, 3.8) is 0 Å². The second-order valence-electron chi connectivity index (χ2n) is 9.66. The van der Waals surface area contributed by atoms with Gasteiger partial charge >= 0.3 is 5.97 Å². The molecule has 218 valence electrons. The lowest BCUT2D eigenvalue weighted by Crippen LogP contribution is -2.34. The number of halogens is 1. The van der Waals surface area contributed by atoms with Crippen LogP contribution in [0.15, 0.2) is 47.6 Å². The van der Waals surface area contributed by atoms with Crippen LogP contribution in [0.2, 0.25) is 5.02 Å². The maximum Gasteiger partial charge on any atom is 0.343 e. The monoisotopic (exact) mass is 571 g/mol. The first-order valence-corrected chi connectivity index (χ1v) is 14.5. The largest absolute Gasteiger partial charge is 0.493 e. The Kier molecular flexibility index (Phi) is 16.1. The molecule has 0 aliphatic carbocycles. The molecule has 8 nitrogen and oxygen atoms in total. The maximum atomic E-state index is 12.4. The number of hydrogen-bond donors (Lipinski definition) is 2. The molecule has 0 fully saturated rings. The van der Waals surface area contributed by atoms with Crippen molar-refractivity contribution >= 4 is 35.6 Å². The highest BCUT2D eigenvalue weighted by Gasteiger charge is 2.13. The number of methoxy groups -OCH3 is 1. The molecule has 0 unspecified atom stereocenters. The van der Waals surface area contributed by atoms with Gasteiger partial charge < -0.3 is 14.8 Å². The lowest BCUT2D eigenvalue weighted by molar-refractivity contribution is -0.126. The Hall–Kier alpha value is -3.39. The van der Waals surface area contributed by atoms with E-state index in [1.54, 1.807) is 42.5 Å². The molecule has 2 aromatic rings. The van der Waals surface area contributed by atoms with Crippen molar-refractivity contribution < 1.29 is 23.9 Å². The number of hydrazone groups is 1. The minimum atomic E-state index is -0.547. The Labute approximate surface area is 242 Å². The van der Waals surface area contributed by atoms with Gasteiger partial charge in [-0.3, -0.25) is 9.59 Å². The zero-order chi connectivity index (χ0) is 29.0. The Morgan fingerprint density at radius 2 is 1.45 bits per heavy atom. The summed E-state index contributed by atoms with van der Waals surface area (Å²) in [5.74, 6) is -0.543. The lowest BCUT2D eigenvalue weighted by Gasteiger charge is -2.10. The van der Waals surface area contributed by atoms with Crippen LogP contribution in [0.5, 0.6) is 11.5 Å². The number of unbranched alkanes of at least 4 members (excludes halogenated alkanes) is 10. The van der Waals surface area contributed by atoms with Gasteiger partial charge in [-0.15, -0.1) is 0 Å². The van der Waals surface area contributed by atoms with Crippen LogP contribution in [0.4, 0.5) is 0 Å². The third-order valence-electron chi connectivity index (χ3n) is 6.33. The van der Waals surface area contributed by atoms with Crippen LogP contribution in [0.25, 0.3) is 0 Å². The first-order valence-electron chi connectivity index (χ1n) is 14.2. The van der Waals surface area contributed by atoms with Crippen molar-refractivity contribution in [1.82, 2.24) is 10.7 Å². The van der Waals surface area contributed by atoms with Gasteiger partial charge in [0.1, 0.15) is 0 Å². The fourth-order valence-corrected chi connectivity index (χ4v) is 4.15. The fourth-order valence-electron chi connectivity index (χ4n) is 4.03. The number of nitrogens with zero attached hydrogens (tertiary/aromatic N) is 1. The molecular weight excluding hydrogens is 530 g/mol. The van der Waals surface area contributed by atoms with E-state index in [4.69, 9.17) is 21.1 Å². The summed E-state index contributed by atoms with van der Waals surface area (Å²) in [6.45, 7) is 2.09. The number of carbonyl (C=O) groups excluding carboxylic acids is 3. The molecule has 0 aromatic heterocycles. The van der Waals surface area contributed by atoms with Gasteiger partial charge in [0.05, 0.1) is 25.4 Å². The normalized spacial score (nSPS) is 10.9. The van der Waals surface area contributed by atoms with Crippen molar-refractivity contribution in [1.29, 1.82) is 0 Å². The Balaban J connectivity index is 1.62. The van der Waals surface area contributed by atoms with E-state index in [1.807, 2.05) is 0 Å². The van der Waals surface area contributed by atoms with Crippen molar-refractivity contribution in [3.05, 3.63) is 58.6 Å². The molecule has 0 radical (unpaired) electrons.